The maximum Gasteiger partial charge on any atom is 0.308 e. The molecular formula is C14H20O5. The number of benzene rings is 1. The van der Waals surface area contributed by atoms with Gasteiger partial charge in [0.15, 0.2) is 11.5 Å². The third kappa shape index (κ3) is 3.86. The lowest BCUT2D eigenvalue weighted by Crippen LogP contribution is -2.16. The number of hydrogen-bond acceptors (Lipinski definition) is 5. The van der Waals surface area contributed by atoms with Crippen molar-refractivity contribution in [1.29, 1.82) is 0 Å². The van der Waals surface area contributed by atoms with Crippen LogP contribution in [0.25, 0.3) is 0 Å². The van der Waals surface area contributed by atoms with Gasteiger partial charge in [-0.1, -0.05) is 13.0 Å². The van der Waals surface area contributed by atoms with E-state index in [1.54, 1.807) is 32.2 Å². The number of carbonyl (C=O) groups is 1. The van der Waals surface area contributed by atoms with Crippen LogP contribution in [0, 0.1) is 5.92 Å². The van der Waals surface area contributed by atoms with E-state index in [4.69, 9.17) is 9.47 Å². The van der Waals surface area contributed by atoms with Gasteiger partial charge in [-0.3, -0.25) is 4.79 Å². The van der Waals surface area contributed by atoms with E-state index in [9.17, 15) is 9.90 Å². The first-order chi connectivity index (χ1) is 9.03. The summed E-state index contributed by atoms with van der Waals surface area (Å²) in [5.74, 6) is 0.442. The van der Waals surface area contributed by atoms with Gasteiger partial charge in [0.1, 0.15) is 0 Å². The van der Waals surface area contributed by atoms with E-state index in [-0.39, 0.29) is 11.9 Å². The van der Waals surface area contributed by atoms with Gasteiger partial charge < -0.3 is 19.3 Å². The first-order valence-corrected chi connectivity index (χ1v) is 6.01. The summed E-state index contributed by atoms with van der Waals surface area (Å²) in [6.45, 7) is 1.72. The van der Waals surface area contributed by atoms with Crippen molar-refractivity contribution in [3.63, 3.8) is 0 Å². The summed E-state index contributed by atoms with van der Waals surface area (Å²) >= 11 is 0. The van der Waals surface area contributed by atoms with Gasteiger partial charge in [-0.15, -0.1) is 0 Å². The van der Waals surface area contributed by atoms with Crippen molar-refractivity contribution < 1.29 is 24.1 Å². The molecule has 0 fully saturated rings. The average Bonchev–Trinajstić information content (AvgIpc) is 2.45. The molecule has 1 N–H and O–H groups in total. The zero-order valence-electron chi connectivity index (χ0n) is 11.7. The van der Waals surface area contributed by atoms with Crippen molar-refractivity contribution >= 4 is 5.97 Å². The Labute approximate surface area is 113 Å². The zero-order valence-corrected chi connectivity index (χ0v) is 11.7. The Balaban J connectivity index is 2.82. The molecule has 1 rings (SSSR count). The summed E-state index contributed by atoms with van der Waals surface area (Å²) in [4.78, 5) is 11.3. The SMILES string of the molecule is COC(=O)C(C)CC(O)c1ccc(OC)c(OC)c1. The fraction of sp³-hybridized carbons (Fsp3) is 0.500. The van der Waals surface area contributed by atoms with Crippen LogP contribution in [0.4, 0.5) is 0 Å². The first kappa shape index (κ1) is 15.3. The van der Waals surface area contributed by atoms with Crippen LogP contribution in [-0.2, 0) is 9.53 Å². The summed E-state index contributed by atoms with van der Waals surface area (Å²) in [6.07, 6.45) is -0.462. The second-order valence-electron chi connectivity index (χ2n) is 4.29. The molecule has 5 nitrogen and oxygen atoms in total. The van der Waals surface area contributed by atoms with E-state index >= 15 is 0 Å². The first-order valence-electron chi connectivity index (χ1n) is 6.01. The molecule has 0 bridgehead atoms. The fourth-order valence-corrected chi connectivity index (χ4v) is 1.83. The number of carbonyl (C=O) groups excluding carboxylic acids is 1. The molecule has 1 aromatic carbocycles. The third-order valence-corrected chi connectivity index (χ3v) is 2.97. The van der Waals surface area contributed by atoms with Crippen molar-refractivity contribution in [3.8, 4) is 11.5 Å². The topological polar surface area (TPSA) is 65.0 Å². The smallest absolute Gasteiger partial charge is 0.308 e. The molecule has 1 aromatic rings. The predicted octanol–water partition coefficient (Wildman–Crippen LogP) is 1.94. The monoisotopic (exact) mass is 268 g/mol. The van der Waals surface area contributed by atoms with Crippen LogP contribution >= 0.6 is 0 Å². The normalized spacial score (nSPS) is 13.5. The molecule has 0 radical (unpaired) electrons. The lowest BCUT2D eigenvalue weighted by atomic mass is 9.98. The summed E-state index contributed by atoms with van der Waals surface area (Å²) in [6, 6.07) is 5.17. The summed E-state index contributed by atoms with van der Waals surface area (Å²) in [7, 11) is 4.42. The predicted molar refractivity (Wildman–Crippen MR) is 70.3 cm³/mol. The summed E-state index contributed by atoms with van der Waals surface area (Å²) < 4.78 is 14.9. The molecule has 0 aliphatic rings. The van der Waals surface area contributed by atoms with Gasteiger partial charge in [0, 0.05) is 0 Å². The van der Waals surface area contributed by atoms with E-state index in [0.29, 0.717) is 23.5 Å². The van der Waals surface area contributed by atoms with Crippen LogP contribution in [0.3, 0.4) is 0 Å². The maximum atomic E-state index is 11.3. The molecule has 2 atom stereocenters. The number of esters is 1. The van der Waals surface area contributed by atoms with Gasteiger partial charge in [-0.05, 0) is 24.1 Å². The molecule has 0 amide bonds. The van der Waals surface area contributed by atoms with Gasteiger partial charge >= 0.3 is 5.97 Å². The van der Waals surface area contributed by atoms with Crippen LogP contribution in [-0.4, -0.2) is 32.4 Å². The molecule has 0 spiro atoms. The standard InChI is InChI=1S/C14H20O5/c1-9(14(16)19-4)7-11(15)10-5-6-12(17-2)13(8-10)18-3/h5-6,8-9,11,15H,7H2,1-4H3. The highest BCUT2D eigenvalue weighted by Crippen LogP contribution is 2.31. The highest BCUT2D eigenvalue weighted by molar-refractivity contribution is 5.71. The Bertz CT molecular complexity index is 430. The van der Waals surface area contributed by atoms with Crippen molar-refractivity contribution in [2.45, 2.75) is 19.4 Å². The average molecular weight is 268 g/mol. The van der Waals surface area contributed by atoms with E-state index < -0.39 is 6.10 Å². The molecule has 5 heteroatoms. The number of rotatable bonds is 6. The molecule has 2 unspecified atom stereocenters. The van der Waals surface area contributed by atoms with Crippen LogP contribution in [0.1, 0.15) is 25.0 Å². The Morgan fingerprint density at radius 3 is 2.37 bits per heavy atom. The van der Waals surface area contributed by atoms with Crippen LogP contribution in [0.5, 0.6) is 11.5 Å². The van der Waals surface area contributed by atoms with Gasteiger partial charge in [-0.25, -0.2) is 0 Å². The minimum atomic E-state index is -0.756. The maximum absolute atomic E-state index is 11.3. The number of aliphatic hydroxyl groups excluding tert-OH is 1. The van der Waals surface area contributed by atoms with E-state index in [0.717, 1.165) is 0 Å². The Morgan fingerprint density at radius 2 is 1.84 bits per heavy atom. The Hall–Kier alpha value is -1.75. The van der Waals surface area contributed by atoms with E-state index in [1.165, 1.54) is 14.2 Å². The Kier molecular flexibility index (Phi) is 5.63. The largest absolute Gasteiger partial charge is 0.493 e. The van der Waals surface area contributed by atoms with Crippen molar-refractivity contribution in [2.24, 2.45) is 5.92 Å². The van der Waals surface area contributed by atoms with Crippen LogP contribution in [0.2, 0.25) is 0 Å². The van der Waals surface area contributed by atoms with Gasteiger partial charge in [-0.2, -0.15) is 0 Å². The van der Waals surface area contributed by atoms with Crippen LogP contribution < -0.4 is 9.47 Å². The minimum absolute atomic E-state index is 0.294. The molecule has 106 valence electrons. The van der Waals surface area contributed by atoms with E-state index in [1.807, 2.05) is 0 Å². The third-order valence-electron chi connectivity index (χ3n) is 2.97. The highest BCUT2D eigenvalue weighted by Gasteiger charge is 2.20. The van der Waals surface area contributed by atoms with Crippen molar-refractivity contribution in [1.82, 2.24) is 0 Å². The minimum Gasteiger partial charge on any atom is -0.493 e. The highest BCUT2D eigenvalue weighted by atomic mass is 16.5. The summed E-state index contributed by atoms with van der Waals surface area (Å²) in [5.41, 5.74) is 0.674. The molecule has 0 aromatic heterocycles. The van der Waals surface area contributed by atoms with Crippen molar-refractivity contribution in [2.75, 3.05) is 21.3 Å². The molecule has 19 heavy (non-hydrogen) atoms. The van der Waals surface area contributed by atoms with Gasteiger partial charge in [0.2, 0.25) is 0 Å². The number of ether oxygens (including phenoxy) is 3. The van der Waals surface area contributed by atoms with E-state index in [2.05, 4.69) is 4.74 Å². The van der Waals surface area contributed by atoms with Gasteiger partial charge in [0.25, 0.3) is 0 Å². The number of aliphatic hydroxyl groups is 1. The number of methoxy groups -OCH3 is 3. The quantitative estimate of drug-likeness (QED) is 0.799. The lowest BCUT2D eigenvalue weighted by Gasteiger charge is -2.16. The van der Waals surface area contributed by atoms with Crippen LogP contribution in [0.15, 0.2) is 18.2 Å². The summed E-state index contributed by atoms with van der Waals surface area (Å²) in [5, 5.41) is 10.1. The second kappa shape index (κ2) is 6.99. The molecule has 0 aliphatic heterocycles. The zero-order chi connectivity index (χ0) is 14.4. The molecular weight excluding hydrogens is 248 g/mol. The fourth-order valence-electron chi connectivity index (χ4n) is 1.83. The van der Waals surface area contributed by atoms with Crippen molar-refractivity contribution in [3.05, 3.63) is 23.8 Å². The molecule has 0 aliphatic carbocycles. The van der Waals surface area contributed by atoms with Gasteiger partial charge in [0.05, 0.1) is 33.4 Å². The lowest BCUT2D eigenvalue weighted by molar-refractivity contribution is -0.145. The molecule has 0 heterocycles. The number of hydrogen-bond donors (Lipinski definition) is 1. The Morgan fingerprint density at radius 1 is 1.21 bits per heavy atom. The molecule has 0 saturated heterocycles. The molecule has 0 saturated carbocycles. The second-order valence-corrected chi connectivity index (χ2v) is 4.29.